The molecular formula is C10H17ClN4O2S. The standard InChI is InChI=1S/C10H16N4O2S.ClH/c1-3-12-9(15)6(2)13-10(16)7-5-17-8(4-11)14-7;/h5-6H,3-4,11H2,1-2H3,(H,12,15)(H,13,16);1H. The zero-order chi connectivity index (χ0) is 12.8. The summed E-state index contributed by atoms with van der Waals surface area (Å²) in [7, 11) is 0. The number of nitrogens with one attached hydrogen (secondary N) is 2. The predicted octanol–water partition coefficient (Wildman–Crippen LogP) is 0.278. The lowest BCUT2D eigenvalue weighted by Gasteiger charge is -2.12. The first kappa shape index (κ1) is 16.8. The van der Waals surface area contributed by atoms with Gasteiger partial charge in [0.05, 0.1) is 0 Å². The van der Waals surface area contributed by atoms with Crippen LogP contribution in [-0.2, 0) is 11.3 Å². The first-order chi connectivity index (χ1) is 8.08. The Balaban J connectivity index is 0.00000289. The molecule has 18 heavy (non-hydrogen) atoms. The van der Waals surface area contributed by atoms with Crippen LogP contribution in [-0.4, -0.2) is 29.4 Å². The number of thiazole rings is 1. The summed E-state index contributed by atoms with van der Waals surface area (Å²) in [5.74, 6) is -0.574. The molecule has 0 aromatic carbocycles. The van der Waals surface area contributed by atoms with Crippen LogP contribution in [0.1, 0.15) is 29.3 Å². The minimum Gasteiger partial charge on any atom is -0.355 e. The van der Waals surface area contributed by atoms with E-state index in [2.05, 4.69) is 15.6 Å². The minimum atomic E-state index is -0.578. The van der Waals surface area contributed by atoms with Gasteiger partial charge in [-0.25, -0.2) is 4.98 Å². The molecule has 0 fully saturated rings. The fraction of sp³-hybridized carbons (Fsp3) is 0.500. The number of hydrogen-bond acceptors (Lipinski definition) is 5. The number of amides is 2. The topological polar surface area (TPSA) is 97.1 Å². The number of likely N-dealkylation sites (N-methyl/N-ethyl adjacent to an activating group) is 1. The first-order valence-corrected chi connectivity index (χ1v) is 6.19. The maximum atomic E-state index is 11.7. The zero-order valence-electron chi connectivity index (χ0n) is 10.2. The lowest BCUT2D eigenvalue weighted by atomic mass is 10.3. The van der Waals surface area contributed by atoms with Gasteiger partial charge in [-0.2, -0.15) is 0 Å². The molecular weight excluding hydrogens is 276 g/mol. The molecule has 1 unspecified atom stereocenters. The molecule has 0 spiro atoms. The molecule has 4 N–H and O–H groups in total. The van der Waals surface area contributed by atoms with E-state index >= 15 is 0 Å². The molecule has 2 amide bonds. The van der Waals surface area contributed by atoms with Crippen molar-refractivity contribution < 1.29 is 9.59 Å². The van der Waals surface area contributed by atoms with Crippen molar-refractivity contribution in [3.8, 4) is 0 Å². The molecule has 0 saturated heterocycles. The van der Waals surface area contributed by atoms with Crippen LogP contribution in [0.3, 0.4) is 0 Å². The van der Waals surface area contributed by atoms with Crippen LogP contribution in [0.4, 0.5) is 0 Å². The second-order valence-electron chi connectivity index (χ2n) is 3.42. The third-order valence-corrected chi connectivity index (χ3v) is 2.92. The Morgan fingerprint density at radius 1 is 1.56 bits per heavy atom. The molecule has 1 aromatic rings. The SMILES string of the molecule is CCNC(=O)C(C)NC(=O)c1csc(CN)n1.Cl. The molecule has 1 heterocycles. The predicted molar refractivity (Wildman–Crippen MR) is 72.9 cm³/mol. The minimum absolute atomic E-state index is 0. The fourth-order valence-electron chi connectivity index (χ4n) is 1.17. The van der Waals surface area contributed by atoms with Crippen molar-refractivity contribution in [1.29, 1.82) is 0 Å². The lowest BCUT2D eigenvalue weighted by molar-refractivity contribution is -0.122. The van der Waals surface area contributed by atoms with Gasteiger partial charge in [-0.1, -0.05) is 0 Å². The van der Waals surface area contributed by atoms with E-state index in [9.17, 15) is 9.59 Å². The summed E-state index contributed by atoms with van der Waals surface area (Å²) in [5, 5.41) is 7.52. The van der Waals surface area contributed by atoms with Gasteiger partial charge in [0.25, 0.3) is 5.91 Å². The molecule has 1 rings (SSSR count). The van der Waals surface area contributed by atoms with Crippen LogP contribution < -0.4 is 16.4 Å². The Morgan fingerprint density at radius 2 is 2.22 bits per heavy atom. The average molecular weight is 293 g/mol. The summed E-state index contributed by atoms with van der Waals surface area (Å²) in [4.78, 5) is 27.1. The molecule has 1 aromatic heterocycles. The van der Waals surface area contributed by atoms with E-state index in [4.69, 9.17) is 5.73 Å². The van der Waals surface area contributed by atoms with Crippen molar-refractivity contribution >= 4 is 35.6 Å². The summed E-state index contributed by atoms with van der Waals surface area (Å²) in [6.45, 7) is 4.29. The zero-order valence-corrected chi connectivity index (χ0v) is 11.9. The van der Waals surface area contributed by atoms with Crippen molar-refractivity contribution in [2.45, 2.75) is 26.4 Å². The van der Waals surface area contributed by atoms with Gasteiger partial charge < -0.3 is 16.4 Å². The van der Waals surface area contributed by atoms with E-state index in [0.29, 0.717) is 23.8 Å². The maximum absolute atomic E-state index is 11.7. The summed E-state index contributed by atoms with van der Waals surface area (Å²) < 4.78 is 0. The number of aromatic nitrogens is 1. The van der Waals surface area contributed by atoms with Crippen LogP contribution in [0, 0.1) is 0 Å². The number of rotatable bonds is 5. The Kier molecular flexibility index (Phi) is 7.49. The molecule has 0 aliphatic carbocycles. The van der Waals surface area contributed by atoms with Crippen LogP contribution >= 0.6 is 23.7 Å². The van der Waals surface area contributed by atoms with Crippen molar-refractivity contribution in [3.63, 3.8) is 0 Å². The van der Waals surface area contributed by atoms with E-state index in [-0.39, 0.29) is 24.2 Å². The second-order valence-corrected chi connectivity index (χ2v) is 4.36. The highest BCUT2D eigenvalue weighted by Gasteiger charge is 2.17. The van der Waals surface area contributed by atoms with E-state index in [1.807, 2.05) is 6.92 Å². The fourth-order valence-corrected chi connectivity index (χ4v) is 1.83. The number of halogens is 1. The van der Waals surface area contributed by atoms with Crippen LogP contribution in [0.15, 0.2) is 5.38 Å². The Hall–Kier alpha value is -1.18. The number of hydrogen-bond donors (Lipinski definition) is 3. The highest BCUT2D eigenvalue weighted by atomic mass is 35.5. The molecule has 8 heteroatoms. The third-order valence-electron chi connectivity index (χ3n) is 2.05. The van der Waals surface area contributed by atoms with Gasteiger partial charge in [0, 0.05) is 18.5 Å². The number of carbonyl (C=O) groups excluding carboxylic acids is 2. The smallest absolute Gasteiger partial charge is 0.271 e. The molecule has 0 radical (unpaired) electrons. The van der Waals surface area contributed by atoms with Crippen LogP contribution in [0.25, 0.3) is 0 Å². The Morgan fingerprint density at radius 3 is 2.72 bits per heavy atom. The maximum Gasteiger partial charge on any atom is 0.271 e. The van der Waals surface area contributed by atoms with E-state index < -0.39 is 6.04 Å². The molecule has 102 valence electrons. The molecule has 0 aliphatic heterocycles. The largest absolute Gasteiger partial charge is 0.355 e. The average Bonchev–Trinajstić information content (AvgIpc) is 2.77. The third kappa shape index (κ3) is 4.59. The number of nitrogens with zero attached hydrogens (tertiary/aromatic N) is 1. The number of nitrogens with two attached hydrogens (primary N) is 1. The number of carbonyl (C=O) groups is 2. The molecule has 6 nitrogen and oxygen atoms in total. The molecule has 0 bridgehead atoms. The molecule has 1 atom stereocenters. The van der Waals surface area contributed by atoms with Gasteiger partial charge in [-0.3, -0.25) is 9.59 Å². The second kappa shape index (κ2) is 8.02. The van der Waals surface area contributed by atoms with Crippen molar-refractivity contribution in [2.75, 3.05) is 6.54 Å². The van der Waals surface area contributed by atoms with Gasteiger partial charge in [0.1, 0.15) is 16.7 Å². The van der Waals surface area contributed by atoms with Crippen molar-refractivity contribution in [3.05, 3.63) is 16.1 Å². The Bertz CT molecular complexity index is 410. The molecule has 0 aliphatic rings. The highest BCUT2D eigenvalue weighted by Crippen LogP contribution is 2.08. The van der Waals surface area contributed by atoms with Crippen LogP contribution in [0.5, 0.6) is 0 Å². The monoisotopic (exact) mass is 292 g/mol. The van der Waals surface area contributed by atoms with Gasteiger partial charge in [-0.05, 0) is 13.8 Å². The van der Waals surface area contributed by atoms with Crippen molar-refractivity contribution in [1.82, 2.24) is 15.6 Å². The first-order valence-electron chi connectivity index (χ1n) is 5.31. The van der Waals surface area contributed by atoms with Gasteiger partial charge in [0.15, 0.2) is 0 Å². The lowest BCUT2D eigenvalue weighted by Crippen LogP contribution is -2.44. The molecule has 0 saturated carbocycles. The van der Waals surface area contributed by atoms with E-state index in [1.165, 1.54) is 11.3 Å². The summed E-state index contributed by atoms with van der Waals surface area (Å²) in [6.07, 6.45) is 0. The van der Waals surface area contributed by atoms with Gasteiger partial charge in [0.2, 0.25) is 5.91 Å². The van der Waals surface area contributed by atoms with E-state index in [1.54, 1.807) is 12.3 Å². The van der Waals surface area contributed by atoms with Gasteiger partial charge in [-0.15, -0.1) is 23.7 Å². The summed E-state index contributed by atoms with van der Waals surface area (Å²) in [5.41, 5.74) is 5.70. The van der Waals surface area contributed by atoms with Crippen LogP contribution in [0.2, 0.25) is 0 Å². The Labute approximate surface area is 116 Å². The normalized spacial score (nSPS) is 11.3. The van der Waals surface area contributed by atoms with Gasteiger partial charge >= 0.3 is 0 Å². The van der Waals surface area contributed by atoms with E-state index in [0.717, 1.165) is 0 Å². The summed E-state index contributed by atoms with van der Waals surface area (Å²) in [6, 6.07) is -0.578. The quantitative estimate of drug-likeness (QED) is 0.726. The summed E-state index contributed by atoms with van der Waals surface area (Å²) >= 11 is 1.33. The van der Waals surface area contributed by atoms with Crippen molar-refractivity contribution in [2.24, 2.45) is 5.73 Å². The highest BCUT2D eigenvalue weighted by molar-refractivity contribution is 7.09.